The van der Waals surface area contributed by atoms with Gasteiger partial charge in [-0.25, -0.2) is 0 Å². The third-order valence-electron chi connectivity index (χ3n) is 5.62. The van der Waals surface area contributed by atoms with Gasteiger partial charge in [0.05, 0.1) is 12.5 Å². The lowest BCUT2D eigenvalue weighted by atomic mass is 9.74. The van der Waals surface area contributed by atoms with Gasteiger partial charge in [0.15, 0.2) is 11.5 Å². The van der Waals surface area contributed by atoms with Crippen molar-refractivity contribution in [2.24, 2.45) is 0 Å². The standard InChI is InChI=1S/C22H22N2O5/c1-25-16-8-6-15(7-9-16)22(10-12-26-13-11-22)21-24-23-20(29-21)19-14-27-17-4-2-3-5-18(17)28-19/h2-9,19H,10-14H2,1H3/t19-/m1/s1. The van der Waals surface area contributed by atoms with Crippen LogP contribution in [0.5, 0.6) is 17.2 Å². The van der Waals surface area contributed by atoms with E-state index in [-0.39, 0.29) is 5.41 Å². The Hall–Kier alpha value is -3.06. The van der Waals surface area contributed by atoms with Gasteiger partial charge in [-0.05, 0) is 42.7 Å². The molecule has 2 aliphatic heterocycles. The molecule has 0 saturated carbocycles. The fourth-order valence-electron chi connectivity index (χ4n) is 3.96. The summed E-state index contributed by atoms with van der Waals surface area (Å²) in [7, 11) is 1.66. The minimum Gasteiger partial charge on any atom is -0.497 e. The number of rotatable bonds is 4. The van der Waals surface area contributed by atoms with E-state index in [9.17, 15) is 0 Å². The Morgan fingerprint density at radius 2 is 1.72 bits per heavy atom. The summed E-state index contributed by atoms with van der Waals surface area (Å²) in [5.41, 5.74) is 0.728. The molecule has 1 saturated heterocycles. The molecule has 29 heavy (non-hydrogen) atoms. The molecule has 7 heteroatoms. The van der Waals surface area contributed by atoms with Crippen molar-refractivity contribution in [1.29, 1.82) is 0 Å². The molecule has 0 N–H and O–H groups in total. The van der Waals surface area contributed by atoms with Crippen LogP contribution in [0.4, 0.5) is 0 Å². The van der Waals surface area contributed by atoms with Crippen LogP contribution in [0, 0.1) is 0 Å². The van der Waals surface area contributed by atoms with E-state index in [2.05, 4.69) is 22.3 Å². The highest BCUT2D eigenvalue weighted by Gasteiger charge is 2.42. The van der Waals surface area contributed by atoms with Gasteiger partial charge in [-0.3, -0.25) is 0 Å². The number of methoxy groups -OCH3 is 1. The summed E-state index contributed by atoms with van der Waals surface area (Å²) in [4.78, 5) is 0. The molecule has 7 nitrogen and oxygen atoms in total. The molecule has 0 radical (unpaired) electrons. The Labute approximate surface area is 168 Å². The number of nitrogens with zero attached hydrogens (tertiary/aromatic N) is 2. The molecule has 1 atom stereocenters. The number of para-hydroxylation sites is 2. The van der Waals surface area contributed by atoms with Gasteiger partial charge < -0.3 is 23.4 Å². The smallest absolute Gasteiger partial charge is 0.260 e. The number of hydrogen-bond acceptors (Lipinski definition) is 7. The Morgan fingerprint density at radius 1 is 0.966 bits per heavy atom. The summed E-state index contributed by atoms with van der Waals surface area (Å²) in [6.07, 6.45) is 1.11. The highest BCUT2D eigenvalue weighted by Crippen LogP contribution is 2.42. The van der Waals surface area contributed by atoms with Crippen LogP contribution in [-0.4, -0.2) is 37.1 Å². The topological polar surface area (TPSA) is 75.8 Å². The molecule has 0 aliphatic carbocycles. The molecule has 1 fully saturated rings. The second-order valence-corrected chi connectivity index (χ2v) is 7.23. The van der Waals surface area contributed by atoms with Gasteiger partial charge >= 0.3 is 0 Å². The summed E-state index contributed by atoms with van der Waals surface area (Å²) < 4.78 is 28.9. The quantitative estimate of drug-likeness (QED) is 0.668. The fraction of sp³-hybridized carbons (Fsp3) is 0.364. The minimum atomic E-state index is -0.432. The van der Waals surface area contributed by atoms with Crippen molar-refractivity contribution in [2.75, 3.05) is 26.9 Å². The lowest BCUT2D eigenvalue weighted by Gasteiger charge is -2.34. The summed E-state index contributed by atoms with van der Waals surface area (Å²) in [5, 5.41) is 8.73. The highest BCUT2D eigenvalue weighted by atomic mass is 16.6. The third kappa shape index (κ3) is 3.21. The average molecular weight is 394 g/mol. The number of benzene rings is 2. The van der Waals surface area contributed by atoms with Crippen LogP contribution >= 0.6 is 0 Å². The van der Waals surface area contributed by atoms with Gasteiger partial charge in [-0.2, -0.15) is 0 Å². The maximum absolute atomic E-state index is 6.18. The summed E-state index contributed by atoms with van der Waals surface area (Å²) in [5.74, 6) is 3.23. The van der Waals surface area contributed by atoms with E-state index < -0.39 is 6.10 Å². The largest absolute Gasteiger partial charge is 0.497 e. The van der Waals surface area contributed by atoms with E-state index in [0.29, 0.717) is 37.4 Å². The first-order chi connectivity index (χ1) is 14.3. The molecule has 5 rings (SSSR count). The van der Waals surface area contributed by atoms with Gasteiger partial charge in [0.25, 0.3) is 5.89 Å². The van der Waals surface area contributed by atoms with E-state index in [1.165, 1.54) is 0 Å². The molecule has 2 aliphatic rings. The van der Waals surface area contributed by atoms with Crippen LogP contribution in [0.15, 0.2) is 52.9 Å². The van der Waals surface area contributed by atoms with Crippen LogP contribution in [-0.2, 0) is 10.2 Å². The molecule has 1 aromatic heterocycles. The lowest BCUT2D eigenvalue weighted by molar-refractivity contribution is 0.0481. The molecule has 150 valence electrons. The number of aromatic nitrogens is 2. The second-order valence-electron chi connectivity index (χ2n) is 7.23. The Morgan fingerprint density at radius 3 is 2.48 bits per heavy atom. The number of hydrogen-bond donors (Lipinski definition) is 0. The molecule has 2 aromatic carbocycles. The third-order valence-corrected chi connectivity index (χ3v) is 5.62. The highest BCUT2D eigenvalue weighted by molar-refractivity contribution is 5.41. The van der Waals surface area contributed by atoms with Crippen molar-refractivity contribution in [1.82, 2.24) is 10.2 Å². The molecular formula is C22H22N2O5. The van der Waals surface area contributed by atoms with Gasteiger partial charge in [0.1, 0.15) is 12.4 Å². The number of fused-ring (bicyclic) bond motifs is 1. The van der Waals surface area contributed by atoms with Gasteiger partial charge in [-0.15, -0.1) is 10.2 Å². The Balaban J connectivity index is 1.46. The van der Waals surface area contributed by atoms with Gasteiger partial charge in [0.2, 0.25) is 12.0 Å². The monoisotopic (exact) mass is 394 g/mol. The maximum atomic E-state index is 6.18. The first-order valence-corrected chi connectivity index (χ1v) is 9.73. The molecule has 0 amide bonds. The van der Waals surface area contributed by atoms with E-state index in [1.54, 1.807) is 7.11 Å². The average Bonchev–Trinajstić information content (AvgIpc) is 3.30. The zero-order valence-electron chi connectivity index (χ0n) is 16.2. The van der Waals surface area contributed by atoms with E-state index in [0.717, 1.165) is 29.9 Å². The molecule has 3 aromatic rings. The first-order valence-electron chi connectivity index (χ1n) is 9.73. The van der Waals surface area contributed by atoms with Crippen LogP contribution in [0.3, 0.4) is 0 Å². The van der Waals surface area contributed by atoms with E-state index in [1.807, 2.05) is 36.4 Å². The Kier molecular flexibility index (Phi) is 4.60. The van der Waals surface area contributed by atoms with Crippen molar-refractivity contribution < 1.29 is 23.4 Å². The first kappa shape index (κ1) is 18.0. The maximum Gasteiger partial charge on any atom is 0.260 e. The van der Waals surface area contributed by atoms with Crippen molar-refractivity contribution >= 4 is 0 Å². The van der Waals surface area contributed by atoms with Crippen molar-refractivity contribution in [3.63, 3.8) is 0 Å². The second kappa shape index (κ2) is 7.40. The van der Waals surface area contributed by atoms with E-state index in [4.69, 9.17) is 23.4 Å². The lowest BCUT2D eigenvalue weighted by Crippen LogP contribution is -2.35. The van der Waals surface area contributed by atoms with Crippen molar-refractivity contribution in [2.45, 2.75) is 24.4 Å². The molecule has 0 unspecified atom stereocenters. The normalized spacial score (nSPS) is 20.2. The van der Waals surface area contributed by atoms with Gasteiger partial charge in [-0.1, -0.05) is 24.3 Å². The fourth-order valence-corrected chi connectivity index (χ4v) is 3.96. The zero-order valence-corrected chi connectivity index (χ0v) is 16.2. The molecule has 0 spiro atoms. The minimum absolute atomic E-state index is 0.331. The van der Waals surface area contributed by atoms with Crippen LogP contribution in [0.2, 0.25) is 0 Å². The van der Waals surface area contributed by atoms with Crippen molar-refractivity contribution in [3.8, 4) is 17.2 Å². The predicted molar refractivity (Wildman–Crippen MR) is 103 cm³/mol. The summed E-state index contributed by atoms with van der Waals surface area (Å²) >= 11 is 0. The SMILES string of the molecule is COc1ccc(C2(c3nnc([C@H]4COc5ccccc5O4)o3)CCOCC2)cc1. The van der Waals surface area contributed by atoms with Crippen LogP contribution in [0.25, 0.3) is 0 Å². The van der Waals surface area contributed by atoms with Crippen LogP contribution in [0.1, 0.15) is 36.3 Å². The molecule has 0 bridgehead atoms. The summed E-state index contributed by atoms with van der Waals surface area (Å²) in [6, 6.07) is 15.6. The molecular weight excluding hydrogens is 372 g/mol. The number of ether oxygens (including phenoxy) is 4. The van der Waals surface area contributed by atoms with E-state index >= 15 is 0 Å². The molecule has 3 heterocycles. The summed E-state index contributed by atoms with van der Waals surface area (Å²) in [6.45, 7) is 1.61. The van der Waals surface area contributed by atoms with Crippen molar-refractivity contribution in [3.05, 3.63) is 65.9 Å². The van der Waals surface area contributed by atoms with Gasteiger partial charge in [0, 0.05) is 13.2 Å². The predicted octanol–water partition coefficient (Wildman–Crippen LogP) is 3.69. The van der Waals surface area contributed by atoms with Crippen LogP contribution < -0.4 is 14.2 Å². The zero-order chi connectivity index (χ0) is 19.7. The Bertz CT molecular complexity index is 979.